The summed E-state index contributed by atoms with van der Waals surface area (Å²) >= 11 is 18.9. The zero-order valence-corrected chi connectivity index (χ0v) is 18.3. The summed E-state index contributed by atoms with van der Waals surface area (Å²) in [7, 11) is -4.28. The zero-order chi connectivity index (χ0) is 20.7. The zero-order valence-electron chi connectivity index (χ0n) is 15.1. The molecule has 0 saturated heterocycles. The van der Waals surface area contributed by atoms with Crippen molar-refractivity contribution < 1.29 is 18.1 Å². The molecule has 3 aromatic rings. The first-order valence-corrected chi connectivity index (χ1v) is 11.5. The van der Waals surface area contributed by atoms with Crippen molar-refractivity contribution in [2.75, 3.05) is 0 Å². The van der Waals surface area contributed by atoms with Crippen LogP contribution in [-0.4, -0.2) is 0 Å². The fourth-order valence-electron chi connectivity index (χ4n) is 2.41. The molecule has 3 unspecified atom stereocenters. The maximum Gasteiger partial charge on any atom is 0.480 e. The van der Waals surface area contributed by atoms with Gasteiger partial charge in [0.1, 0.15) is 0 Å². The molecule has 8 heteroatoms. The fraction of sp³-hybridized carbons (Fsp3) is 0.143. The van der Waals surface area contributed by atoms with E-state index in [9.17, 15) is 4.57 Å². The number of benzene rings is 3. The Hall–Kier alpha value is -1.36. The van der Waals surface area contributed by atoms with Gasteiger partial charge in [-0.3, -0.25) is 13.6 Å². The van der Waals surface area contributed by atoms with Crippen LogP contribution in [0.25, 0.3) is 0 Å². The molecule has 0 aromatic heterocycles. The van der Waals surface area contributed by atoms with Crippen LogP contribution in [0, 0.1) is 0 Å². The molecule has 0 spiro atoms. The van der Waals surface area contributed by atoms with E-state index in [2.05, 4.69) is 0 Å². The van der Waals surface area contributed by atoms with Crippen LogP contribution in [0.4, 0.5) is 0 Å². The van der Waals surface area contributed by atoms with Crippen molar-refractivity contribution in [3.63, 3.8) is 0 Å². The van der Waals surface area contributed by atoms with Crippen molar-refractivity contribution in [2.45, 2.75) is 16.7 Å². The predicted molar refractivity (Wildman–Crippen MR) is 116 cm³/mol. The van der Waals surface area contributed by atoms with Gasteiger partial charge in [-0.25, -0.2) is 4.57 Å². The van der Waals surface area contributed by atoms with Gasteiger partial charge in [0.25, 0.3) is 0 Å². The highest BCUT2D eigenvalue weighted by Gasteiger charge is 2.37. The van der Waals surface area contributed by atoms with Gasteiger partial charge in [-0.2, -0.15) is 0 Å². The van der Waals surface area contributed by atoms with Crippen molar-refractivity contribution >= 4 is 42.6 Å². The minimum Gasteiger partial charge on any atom is -0.262 e. The smallest absolute Gasteiger partial charge is 0.262 e. The number of halogens is 3. The van der Waals surface area contributed by atoms with E-state index in [0.717, 1.165) is 0 Å². The summed E-state index contributed by atoms with van der Waals surface area (Å²) in [4.78, 5) is 0. The molecule has 0 aliphatic rings. The monoisotopic (exact) mass is 470 g/mol. The van der Waals surface area contributed by atoms with Crippen LogP contribution in [0.15, 0.2) is 91.0 Å². The molecule has 3 atom stereocenters. The average Bonchev–Trinajstić information content (AvgIpc) is 2.75. The number of hydrogen-bond donors (Lipinski definition) is 0. The van der Waals surface area contributed by atoms with Crippen LogP contribution >= 0.6 is 42.6 Å². The summed E-state index contributed by atoms with van der Waals surface area (Å²) in [6.07, 6.45) is 0. The largest absolute Gasteiger partial charge is 0.480 e. The highest BCUT2D eigenvalue weighted by molar-refractivity contribution is 7.48. The van der Waals surface area contributed by atoms with Gasteiger partial charge in [-0.15, -0.1) is 0 Å². The minimum absolute atomic E-state index is 0.582. The Kier molecular flexibility index (Phi) is 8.16. The molecule has 0 saturated carbocycles. The fourth-order valence-corrected chi connectivity index (χ4v) is 4.92. The molecule has 3 rings (SSSR count). The second-order valence-corrected chi connectivity index (χ2v) is 8.66. The highest BCUT2D eigenvalue weighted by Crippen LogP contribution is 2.60. The molecule has 0 fully saturated rings. The van der Waals surface area contributed by atoms with E-state index in [0.29, 0.717) is 16.7 Å². The van der Waals surface area contributed by atoms with Gasteiger partial charge in [0.15, 0.2) is 16.7 Å². The average molecular weight is 472 g/mol. The third kappa shape index (κ3) is 6.56. The first-order chi connectivity index (χ1) is 14.0. The lowest BCUT2D eigenvalue weighted by Gasteiger charge is -2.25. The Labute approximate surface area is 184 Å². The number of alkyl halides is 3. The lowest BCUT2D eigenvalue weighted by molar-refractivity contribution is 0.0850. The Morgan fingerprint density at radius 3 is 1.00 bits per heavy atom. The van der Waals surface area contributed by atoms with Crippen molar-refractivity contribution in [1.82, 2.24) is 0 Å². The summed E-state index contributed by atoms with van der Waals surface area (Å²) in [6.45, 7) is 0. The Balaban J connectivity index is 1.82. The van der Waals surface area contributed by atoms with Crippen molar-refractivity contribution in [1.29, 1.82) is 0 Å². The SMILES string of the molecule is O=P(OC(Cl)c1ccccc1)(OC(Cl)c1ccccc1)OC(Cl)c1ccccc1. The summed E-state index contributed by atoms with van der Waals surface area (Å²) in [5, 5.41) is 0. The molecule has 0 aliphatic carbocycles. The van der Waals surface area contributed by atoms with E-state index in [1.54, 1.807) is 72.8 Å². The number of rotatable bonds is 9. The van der Waals surface area contributed by atoms with E-state index in [4.69, 9.17) is 48.4 Å². The molecule has 0 N–H and O–H groups in total. The maximum absolute atomic E-state index is 13.4. The molecule has 3 aromatic carbocycles. The van der Waals surface area contributed by atoms with Crippen LogP contribution in [0.1, 0.15) is 33.4 Å². The van der Waals surface area contributed by atoms with Gasteiger partial charge in [-0.1, -0.05) is 126 Å². The van der Waals surface area contributed by atoms with Crippen LogP contribution < -0.4 is 0 Å². The maximum atomic E-state index is 13.4. The minimum atomic E-state index is -4.28. The topological polar surface area (TPSA) is 44.8 Å². The Morgan fingerprint density at radius 1 is 0.517 bits per heavy atom. The molecule has 0 amide bonds. The lowest BCUT2D eigenvalue weighted by atomic mass is 10.2. The molecule has 29 heavy (non-hydrogen) atoms. The van der Waals surface area contributed by atoms with Crippen molar-refractivity contribution in [2.24, 2.45) is 0 Å². The summed E-state index contributed by atoms with van der Waals surface area (Å²) in [5.74, 6) is 0. The van der Waals surface area contributed by atoms with Gasteiger partial charge in [0.05, 0.1) is 0 Å². The highest BCUT2D eigenvalue weighted by atomic mass is 35.5. The number of phosphoric ester groups is 1. The first kappa shape index (κ1) is 22.3. The van der Waals surface area contributed by atoms with Crippen molar-refractivity contribution in [3.8, 4) is 0 Å². The molecule has 152 valence electrons. The van der Waals surface area contributed by atoms with Crippen LogP contribution in [0.3, 0.4) is 0 Å². The van der Waals surface area contributed by atoms with Crippen LogP contribution in [-0.2, 0) is 18.1 Å². The predicted octanol–water partition coefficient (Wildman–Crippen LogP) is 7.96. The third-order valence-electron chi connectivity index (χ3n) is 3.85. The summed E-state index contributed by atoms with van der Waals surface area (Å²) in [6, 6.07) is 26.5. The van der Waals surface area contributed by atoms with Crippen LogP contribution in [0.2, 0.25) is 0 Å². The number of phosphoric acid groups is 1. The normalized spacial score (nSPS) is 16.5. The molecule has 0 radical (unpaired) electrons. The number of hydrogen-bond acceptors (Lipinski definition) is 4. The molecule has 4 nitrogen and oxygen atoms in total. The van der Waals surface area contributed by atoms with Gasteiger partial charge in [0, 0.05) is 0 Å². The molecule has 0 heterocycles. The molecular weight excluding hydrogens is 454 g/mol. The lowest BCUT2D eigenvalue weighted by Crippen LogP contribution is -2.07. The Bertz CT molecular complexity index is 806. The molecular formula is C21H18Cl3O4P. The Morgan fingerprint density at radius 2 is 0.759 bits per heavy atom. The quantitative estimate of drug-likeness (QED) is 0.234. The standard InChI is InChI=1S/C21H18Cl3O4P/c22-19(16-10-4-1-5-11-16)26-29(25,27-20(23)17-12-6-2-7-13-17)28-21(24)18-14-8-3-9-15-18/h1-15,19-21H. The first-order valence-electron chi connectivity index (χ1n) is 8.69. The van der Waals surface area contributed by atoms with E-state index in [1.165, 1.54) is 0 Å². The molecule has 0 bridgehead atoms. The van der Waals surface area contributed by atoms with E-state index in [-0.39, 0.29) is 0 Å². The second-order valence-electron chi connectivity index (χ2n) is 5.94. The van der Waals surface area contributed by atoms with E-state index < -0.39 is 24.5 Å². The van der Waals surface area contributed by atoms with E-state index in [1.807, 2.05) is 18.2 Å². The van der Waals surface area contributed by atoms with Crippen LogP contribution in [0.5, 0.6) is 0 Å². The van der Waals surface area contributed by atoms with Gasteiger partial charge < -0.3 is 0 Å². The summed E-state index contributed by atoms with van der Waals surface area (Å²) in [5.41, 5.74) is -1.54. The second kappa shape index (κ2) is 10.6. The van der Waals surface area contributed by atoms with Gasteiger partial charge in [0.2, 0.25) is 0 Å². The molecule has 0 aliphatic heterocycles. The summed E-state index contributed by atoms with van der Waals surface area (Å²) < 4.78 is 30.0. The van der Waals surface area contributed by atoms with E-state index >= 15 is 0 Å². The third-order valence-corrected chi connectivity index (χ3v) is 6.65. The van der Waals surface area contributed by atoms with Gasteiger partial charge >= 0.3 is 7.82 Å². The van der Waals surface area contributed by atoms with Crippen molar-refractivity contribution in [3.05, 3.63) is 108 Å². The van der Waals surface area contributed by atoms with Gasteiger partial charge in [-0.05, 0) is 16.7 Å².